The number of nitrogens with one attached hydrogen (secondary N) is 1. The van der Waals surface area contributed by atoms with Crippen LogP contribution in [0.1, 0.15) is 20.3 Å². The first-order valence-corrected chi connectivity index (χ1v) is 6.18. The Morgan fingerprint density at radius 3 is 2.61 bits per heavy atom. The Labute approximate surface area is 112 Å². The molecular weight excluding hydrogens is 254 g/mol. The van der Waals surface area contributed by atoms with E-state index in [1.54, 1.807) is 31.2 Å². The Morgan fingerprint density at radius 2 is 2.06 bits per heavy atom. The third kappa shape index (κ3) is 5.38. The fraction of sp³-hybridized carbons (Fsp3) is 0.462. The maximum absolute atomic E-state index is 11.5. The van der Waals surface area contributed by atoms with Gasteiger partial charge in [0.15, 0.2) is 6.61 Å². The highest BCUT2D eigenvalue weighted by molar-refractivity contribution is 6.30. The summed E-state index contributed by atoms with van der Waals surface area (Å²) in [6.45, 7) is 3.66. The average molecular weight is 272 g/mol. The van der Waals surface area contributed by atoms with Crippen molar-refractivity contribution < 1.29 is 14.6 Å². The van der Waals surface area contributed by atoms with Gasteiger partial charge in [-0.25, -0.2) is 0 Å². The quantitative estimate of drug-likeness (QED) is 0.832. The van der Waals surface area contributed by atoms with Crippen LogP contribution >= 0.6 is 11.6 Å². The summed E-state index contributed by atoms with van der Waals surface area (Å²) in [6.07, 6.45) is 0.575. The molecule has 1 unspecified atom stereocenters. The summed E-state index contributed by atoms with van der Waals surface area (Å²) in [7, 11) is 0. The van der Waals surface area contributed by atoms with Crippen molar-refractivity contribution >= 4 is 17.5 Å². The molecule has 5 heteroatoms. The average Bonchev–Trinajstić information content (AvgIpc) is 2.36. The summed E-state index contributed by atoms with van der Waals surface area (Å²) in [6, 6.07) is 6.77. The lowest BCUT2D eigenvalue weighted by atomic mass is 10.0. The molecule has 0 fully saturated rings. The maximum atomic E-state index is 11.5. The first kappa shape index (κ1) is 14.8. The molecule has 0 aliphatic rings. The molecule has 0 bridgehead atoms. The number of carbonyl (C=O) groups is 1. The van der Waals surface area contributed by atoms with Gasteiger partial charge < -0.3 is 15.2 Å². The molecule has 1 aromatic rings. The van der Waals surface area contributed by atoms with Crippen LogP contribution < -0.4 is 10.1 Å². The van der Waals surface area contributed by atoms with E-state index in [1.165, 1.54) is 0 Å². The fourth-order valence-electron chi connectivity index (χ4n) is 1.14. The van der Waals surface area contributed by atoms with Crippen LogP contribution in [0.4, 0.5) is 0 Å². The summed E-state index contributed by atoms with van der Waals surface area (Å²) in [5.74, 6) is 0.315. The van der Waals surface area contributed by atoms with Crippen molar-refractivity contribution in [1.82, 2.24) is 5.32 Å². The predicted molar refractivity (Wildman–Crippen MR) is 70.9 cm³/mol. The third-order valence-corrected chi connectivity index (χ3v) is 2.86. The molecule has 0 radical (unpaired) electrons. The van der Waals surface area contributed by atoms with Crippen LogP contribution in [0.15, 0.2) is 24.3 Å². The zero-order valence-electron chi connectivity index (χ0n) is 10.6. The van der Waals surface area contributed by atoms with Gasteiger partial charge in [0.1, 0.15) is 5.75 Å². The lowest BCUT2D eigenvalue weighted by molar-refractivity contribution is -0.124. The van der Waals surface area contributed by atoms with Crippen LogP contribution in [0, 0.1) is 0 Å². The van der Waals surface area contributed by atoms with Crippen molar-refractivity contribution in [3.63, 3.8) is 0 Å². The number of carbonyl (C=O) groups excluding carboxylic acids is 1. The smallest absolute Gasteiger partial charge is 0.258 e. The molecule has 4 nitrogen and oxygen atoms in total. The molecule has 100 valence electrons. The van der Waals surface area contributed by atoms with Gasteiger partial charge in [-0.3, -0.25) is 4.79 Å². The molecule has 2 N–H and O–H groups in total. The Morgan fingerprint density at radius 1 is 1.44 bits per heavy atom. The molecule has 0 aliphatic heterocycles. The number of halogens is 1. The van der Waals surface area contributed by atoms with Gasteiger partial charge in [0.25, 0.3) is 5.91 Å². The van der Waals surface area contributed by atoms with Crippen LogP contribution in [-0.4, -0.2) is 29.8 Å². The van der Waals surface area contributed by atoms with Gasteiger partial charge in [0.05, 0.1) is 5.60 Å². The van der Waals surface area contributed by atoms with Crippen LogP contribution in [-0.2, 0) is 4.79 Å². The Kier molecular flexibility index (Phi) is 5.44. The van der Waals surface area contributed by atoms with E-state index in [9.17, 15) is 9.90 Å². The van der Waals surface area contributed by atoms with E-state index in [1.807, 2.05) is 6.92 Å². The van der Waals surface area contributed by atoms with Gasteiger partial charge >= 0.3 is 0 Å². The second-order valence-electron chi connectivity index (χ2n) is 4.37. The minimum Gasteiger partial charge on any atom is -0.484 e. The summed E-state index contributed by atoms with van der Waals surface area (Å²) in [5.41, 5.74) is -0.879. The molecule has 18 heavy (non-hydrogen) atoms. The number of rotatable bonds is 6. The molecule has 0 aliphatic carbocycles. The zero-order valence-corrected chi connectivity index (χ0v) is 11.3. The SMILES string of the molecule is CCC(C)(O)CNC(=O)COc1ccc(Cl)cc1. The van der Waals surface area contributed by atoms with E-state index >= 15 is 0 Å². The lowest BCUT2D eigenvalue weighted by Crippen LogP contribution is -2.41. The van der Waals surface area contributed by atoms with Crippen molar-refractivity contribution in [1.29, 1.82) is 0 Å². The maximum Gasteiger partial charge on any atom is 0.258 e. The number of ether oxygens (including phenoxy) is 1. The summed E-state index contributed by atoms with van der Waals surface area (Å²) in [4.78, 5) is 11.5. The molecule has 0 saturated heterocycles. The number of amides is 1. The van der Waals surface area contributed by atoms with Gasteiger partial charge in [-0.2, -0.15) is 0 Å². The van der Waals surface area contributed by atoms with Gasteiger partial charge in [-0.05, 0) is 37.6 Å². The largest absolute Gasteiger partial charge is 0.484 e. The van der Waals surface area contributed by atoms with E-state index in [0.717, 1.165) is 0 Å². The number of aliphatic hydroxyl groups is 1. The molecular formula is C13H18ClNO3. The first-order chi connectivity index (χ1) is 8.43. The van der Waals surface area contributed by atoms with Crippen LogP contribution in [0.5, 0.6) is 5.75 Å². The Balaban J connectivity index is 2.31. The van der Waals surface area contributed by atoms with Crippen molar-refractivity contribution in [2.45, 2.75) is 25.9 Å². The van der Waals surface area contributed by atoms with Crippen molar-refractivity contribution in [2.75, 3.05) is 13.2 Å². The first-order valence-electron chi connectivity index (χ1n) is 5.80. The van der Waals surface area contributed by atoms with E-state index < -0.39 is 5.60 Å². The predicted octanol–water partition coefficient (Wildman–Crippen LogP) is 2.00. The highest BCUT2D eigenvalue weighted by Crippen LogP contribution is 2.15. The molecule has 0 saturated carbocycles. The van der Waals surface area contributed by atoms with Crippen molar-refractivity contribution in [3.8, 4) is 5.75 Å². The molecule has 0 spiro atoms. The highest BCUT2D eigenvalue weighted by Gasteiger charge is 2.18. The topological polar surface area (TPSA) is 58.6 Å². The minimum atomic E-state index is -0.879. The Bertz CT molecular complexity index is 390. The van der Waals surface area contributed by atoms with Crippen LogP contribution in [0.2, 0.25) is 5.02 Å². The van der Waals surface area contributed by atoms with E-state index in [-0.39, 0.29) is 19.1 Å². The highest BCUT2D eigenvalue weighted by atomic mass is 35.5. The van der Waals surface area contributed by atoms with E-state index in [2.05, 4.69) is 5.32 Å². The Hall–Kier alpha value is -1.26. The van der Waals surface area contributed by atoms with Gasteiger partial charge in [0.2, 0.25) is 0 Å². The van der Waals surface area contributed by atoms with Crippen LogP contribution in [0.3, 0.4) is 0 Å². The number of hydrogen-bond donors (Lipinski definition) is 2. The molecule has 0 aromatic heterocycles. The molecule has 1 rings (SSSR count). The molecule has 1 aromatic carbocycles. The molecule has 0 heterocycles. The summed E-state index contributed by atoms with van der Waals surface area (Å²) >= 11 is 5.73. The molecule has 1 atom stereocenters. The normalized spacial score (nSPS) is 13.8. The lowest BCUT2D eigenvalue weighted by Gasteiger charge is -2.21. The van der Waals surface area contributed by atoms with Gasteiger partial charge in [0, 0.05) is 11.6 Å². The third-order valence-electron chi connectivity index (χ3n) is 2.61. The monoisotopic (exact) mass is 271 g/mol. The van der Waals surface area contributed by atoms with Crippen LogP contribution in [0.25, 0.3) is 0 Å². The number of hydrogen-bond acceptors (Lipinski definition) is 3. The molecule has 1 amide bonds. The minimum absolute atomic E-state index is 0.0819. The zero-order chi connectivity index (χ0) is 13.6. The summed E-state index contributed by atoms with van der Waals surface area (Å²) < 4.78 is 5.27. The van der Waals surface area contributed by atoms with Crippen molar-refractivity contribution in [3.05, 3.63) is 29.3 Å². The second kappa shape index (κ2) is 6.61. The van der Waals surface area contributed by atoms with E-state index in [0.29, 0.717) is 17.2 Å². The van der Waals surface area contributed by atoms with Gasteiger partial charge in [-0.15, -0.1) is 0 Å². The summed E-state index contributed by atoms with van der Waals surface area (Å²) in [5, 5.41) is 12.9. The number of benzene rings is 1. The fourth-order valence-corrected chi connectivity index (χ4v) is 1.27. The standard InChI is InChI=1S/C13H18ClNO3/c1-3-13(2,17)9-15-12(16)8-18-11-6-4-10(14)5-7-11/h4-7,17H,3,8-9H2,1-2H3,(H,15,16). The second-order valence-corrected chi connectivity index (χ2v) is 4.81. The van der Waals surface area contributed by atoms with E-state index in [4.69, 9.17) is 16.3 Å². The van der Waals surface area contributed by atoms with Crippen molar-refractivity contribution in [2.24, 2.45) is 0 Å². The van der Waals surface area contributed by atoms with Gasteiger partial charge in [-0.1, -0.05) is 18.5 Å².